The molecule has 1 aromatic heterocycles. The van der Waals surface area contributed by atoms with Gasteiger partial charge in [-0.15, -0.1) is 0 Å². The van der Waals surface area contributed by atoms with Crippen LogP contribution in [0.5, 0.6) is 11.6 Å². The first-order valence-corrected chi connectivity index (χ1v) is 9.47. The summed E-state index contributed by atoms with van der Waals surface area (Å²) in [5, 5.41) is 2.75. The second kappa shape index (κ2) is 9.13. The Morgan fingerprint density at radius 2 is 1.70 bits per heavy atom. The lowest BCUT2D eigenvalue weighted by atomic mass is 9.83. The number of nitrogens with one attached hydrogen (secondary N) is 1. The van der Waals surface area contributed by atoms with Crippen LogP contribution in [-0.4, -0.2) is 32.3 Å². The number of aromatic nitrogens is 1. The van der Waals surface area contributed by atoms with Crippen molar-refractivity contribution < 1.29 is 14.3 Å². The molecule has 3 aromatic rings. The first-order chi connectivity index (χ1) is 14.6. The van der Waals surface area contributed by atoms with Crippen molar-refractivity contribution in [1.29, 1.82) is 0 Å². The fraction of sp³-hybridized carbons (Fsp3) is 0.167. The number of rotatable bonds is 7. The van der Waals surface area contributed by atoms with E-state index in [-0.39, 0.29) is 6.03 Å². The van der Waals surface area contributed by atoms with Crippen LogP contribution in [-0.2, 0) is 5.54 Å². The summed E-state index contributed by atoms with van der Waals surface area (Å²) < 4.78 is 10.6. The fourth-order valence-electron chi connectivity index (χ4n) is 3.46. The Hall–Kier alpha value is -3.80. The van der Waals surface area contributed by atoms with Gasteiger partial charge in [-0.3, -0.25) is 4.90 Å². The van der Waals surface area contributed by atoms with Gasteiger partial charge < -0.3 is 14.8 Å². The SMILES string of the molecule is C=C[C@@](c1ccccc1)(c1cccc(OC)n1)N(C(=O)NC)c1ccc(OC)cc1. The molecular weight excluding hydrogens is 378 g/mol. The van der Waals surface area contributed by atoms with Crippen molar-refractivity contribution in [3.63, 3.8) is 0 Å². The monoisotopic (exact) mass is 403 g/mol. The standard InChI is InChI=1S/C24H25N3O3/c1-5-24(18-10-7-6-8-11-18,21-12-9-13-22(26-21)30-4)27(23(28)25-2)19-14-16-20(29-3)17-15-19/h5-17H,1H2,2-4H3,(H,25,28)/t24-/m1/s1. The van der Waals surface area contributed by atoms with E-state index < -0.39 is 5.54 Å². The van der Waals surface area contributed by atoms with Crippen LogP contribution >= 0.6 is 0 Å². The van der Waals surface area contributed by atoms with Gasteiger partial charge in [0.2, 0.25) is 5.88 Å². The maximum Gasteiger partial charge on any atom is 0.322 e. The number of hydrogen-bond acceptors (Lipinski definition) is 4. The van der Waals surface area contributed by atoms with Gasteiger partial charge in [0.25, 0.3) is 0 Å². The zero-order chi connectivity index (χ0) is 21.6. The topological polar surface area (TPSA) is 63.7 Å². The first-order valence-electron chi connectivity index (χ1n) is 9.47. The zero-order valence-corrected chi connectivity index (χ0v) is 17.3. The Morgan fingerprint density at radius 1 is 1.00 bits per heavy atom. The van der Waals surface area contributed by atoms with E-state index in [0.717, 1.165) is 5.56 Å². The van der Waals surface area contributed by atoms with E-state index in [4.69, 9.17) is 9.47 Å². The molecule has 0 saturated carbocycles. The Balaban J connectivity index is 2.34. The van der Waals surface area contributed by atoms with Crippen molar-refractivity contribution in [3.8, 4) is 11.6 Å². The predicted molar refractivity (Wildman–Crippen MR) is 118 cm³/mol. The van der Waals surface area contributed by atoms with Crippen molar-refractivity contribution >= 4 is 11.7 Å². The van der Waals surface area contributed by atoms with Gasteiger partial charge in [-0.05, 0) is 35.9 Å². The Kier molecular flexibility index (Phi) is 6.37. The number of carbonyl (C=O) groups excluding carboxylic acids is 1. The molecule has 2 amide bonds. The highest BCUT2D eigenvalue weighted by Crippen LogP contribution is 2.40. The molecule has 0 bridgehead atoms. The molecule has 0 radical (unpaired) electrons. The van der Waals surface area contributed by atoms with Crippen molar-refractivity contribution in [1.82, 2.24) is 10.3 Å². The quantitative estimate of drug-likeness (QED) is 0.595. The van der Waals surface area contributed by atoms with Crippen molar-refractivity contribution in [2.45, 2.75) is 5.54 Å². The number of anilines is 1. The molecule has 1 N–H and O–H groups in total. The number of benzene rings is 2. The second-order valence-electron chi connectivity index (χ2n) is 6.49. The number of carbonyl (C=O) groups is 1. The molecule has 0 aliphatic carbocycles. The van der Waals surface area contributed by atoms with Gasteiger partial charge in [0.05, 0.1) is 19.9 Å². The second-order valence-corrected chi connectivity index (χ2v) is 6.49. The Morgan fingerprint density at radius 3 is 2.27 bits per heavy atom. The summed E-state index contributed by atoms with van der Waals surface area (Å²) in [4.78, 5) is 19.6. The minimum absolute atomic E-state index is 0.312. The third-order valence-electron chi connectivity index (χ3n) is 4.93. The summed E-state index contributed by atoms with van der Waals surface area (Å²) in [6.45, 7) is 4.11. The summed E-state index contributed by atoms with van der Waals surface area (Å²) in [5.74, 6) is 1.14. The fourth-order valence-corrected chi connectivity index (χ4v) is 3.46. The highest BCUT2D eigenvalue weighted by atomic mass is 16.5. The number of pyridine rings is 1. The van der Waals surface area contributed by atoms with Gasteiger partial charge in [-0.1, -0.05) is 49.1 Å². The third kappa shape index (κ3) is 3.72. The van der Waals surface area contributed by atoms with Crippen molar-refractivity contribution in [2.24, 2.45) is 0 Å². The van der Waals surface area contributed by atoms with Crippen LogP contribution < -0.4 is 19.7 Å². The molecule has 0 spiro atoms. The van der Waals surface area contributed by atoms with Gasteiger partial charge in [0.1, 0.15) is 11.3 Å². The molecule has 0 fully saturated rings. The summed E-state index contributed by atoms with van der Waals surface area (Å²) in [5.41, 5.74) is 0.996. The predicted octanol–water partition coefficient (Wildman–Crippen LogP) is 4.37. The van der Waals surface area contributed by atoms with E-state index in [2.05, 4.69) is 16.9 Å². The van der Waals surface area contributed by atoms with E-state index in [0.29, 0.717) is 23.0 Å². The van der Waals surface area contributed by atoms with Gasteiger partial charge in [0, 0.05) is 18.8 Å². The van der Waals surface area contributed by atoms with Gasteiger partial charge in [-0.2, -0.15) is 0 Å². The van der Waals surface area contributed by atoms with E-state index in [1.54, 1.807) is 38.3 Å². The summed E-state index contributed by atoms with van der Waals surface area (Å²) >= 11 is 0. The smallest absolute Gasteiger partial charge is 0.322 e. The van der Waals surface area contributed by atoms with Crippen LogP contribution in [0, 0.1) is 0 Å². The number of hydrogen-bond donors (Lipinski definition) is 1. The summed E-state index contributed by atoms with van der Waals surface area (Å²) in [6, 6.07) is 22.1. The van der Waals surface area contributed by atoms with Crippen LogP contribution in [0.2, 0.25) is 0 Å². The number of methoxy groups -OCH3 is 2. The molecule has 0 aliphatic heterocycles. The maximum absolute atomic E-state index is 13.3. The minimum Gasteiger partial charge on any atom is -0.497 e. The van der Waals surface area contributed by atoms with Crippen LogP contribution in [0.15, 0.2) is 85.5 Å². The molecule has 154 valence electrons. The normalized spacial score (nSPS) is 12.4. The number of ether oxygens (including phenoxy) is 2. The molecule has 0 unspecified atom stereocenters. The molecule has 0 saturated heterocycles. The average molecular weight is 403 g/mol. The molecule has 2 aromatic carbocycles. The molecular formula is C24H25N3O3. The highest BCUT2D eigenvalue weighted by molar-refractivity contribution is 5.95. The lowest BCUT2D eigenvalue weighted by Crippen LogP contribution is -2.53. The van der Waals surface area contributed by atoms with Crippen LogP contribution in [0.3, 0.4) is 0 Å². The largest absolute Gasteiger partial charge is 0.497 e. The van der Waals surface area contributed by atoms with E-state index in [1.807, 2.05) is 66.7 Å². The lowest BCUT2D eigenvalue weighted by molar-refractivity contribution is 0.244. The number of urea groups is 1. The summed E-state index contributed by atoms with van der Waals surface area (Å²) in [6.07, 6.45) is 1.73. The van der Waals surface area contributed by atoms with Crippen LogP contribution in [0.4, 0.5) is 10.5 Å². The van der Waals surface area contributed by atoms with Gasteiger partial charge >= 0.3 is 6.03 Å². The number of nitrogens with zero attached hydrogens (tertiary/aromatic N) is 2. The zero-order valence-electron chi connectivity index (χ0n) is 17.3. The summed E-state index contributed by atoms with van der Waals surface area (Å²) in [7, 11) is 4.75. The average Bonchev–Trinajstić information content (AvgIpc) is 2.83. The molecule has 6 nitrogen and oxygen atoms in total. The van der Waals surface area contributed by atoms with Crippen LogP contribution in [0.25, 0.3) is 0 Å². The van der Waals surface area contributed by atoms with E-state index >= 15 is 0 Å². The molecule has 1 atom stereocenters. The van der Waals surface area contributed by atoms with Crippen molar-refractivity contribution in [2.75, 3.05) is 26.2 Å². The van der Waals surface area contributed by atoms with Gasteiger partial charge in [-0.25, -0.2) is 9.78 Å². The van der Waals surface area contributed by atoms with Crippen LogP contribution in [0.1, 0.15) is 11.3 Å². The molecule has 30 heavy (non-hydrogen) atoms. The van der Waals surface area contributed by atoms with Crippen molar-refractivity contribution in [3.05, 3.63) is 96.7 Å². The molecule has 6 heteroatoms. The Labute approximate surface area is 176 Å². The van der Waals surface area contributed by atoms with Gasteiger partial charge in [0.15, 0.2) is 0 Å². The minimum atomic E-state index is -1.09. The third-order valence-corrected chi connectivity index (χ3v) is 4.93. The first kappa shape index (κ1) is 20.9. The maximum atomic E-state index is 13.3. The Bertz CT molecular complexity index is 1010. The molecule has 3 rings (SSSR count). The lowest BCUT2D eigenvalue weighted by Gasteiger charge is -2.41. The molecule has 1 heterocycles. The number of amides is 2. The van der Waals surface area contributed by atoms with E-state index in [9.17, 15) is 4.79 Å². The molecule has 0 aliphatic rings. The van der Waals surface area contributed by atoms with E-state index in [1.165, 1.54) is 0 Å². The highest BCUT2D eigenvalue weighted by Gasteiger charge is 2.43.